The number of hydrogen-bond donors (Lipinski definition) is 1. The summed E-state index contributed by atoms with van der Waals surface area (Å²) in [6.45, 7) is 1.28. The number of amides is 1. The number of carbonyl (C=O) groups is 2. The molecular formula is C29H28FNO5. The second kappa shape index (κ2) is 10.1. The number of fused-ring (bicyclic) bond motifs is 2. The average molecular weight is 490 g/mol. The zero-order valence-corrected chi connectivity index (χ0v) is 20.1. The molecule has 2 aliphatic rings. The van der Waals surface area contributed by atoms with Gasteiger partial charge in [0, 0.05) is 18.7 Å². The van der Waals surface area contributed by atoms with Crippen LogP contribution in [-0.2, 0) is 40.1 Å². The van der Waals surface area contributed by atoms with Crippen molar-refractivity contribution in [1.29, 1.82) is 0 Å². The molecule has 0 fully saturated rings. The third-order valence-corrected chi connectivity index (χ3v) is 7.07. The Labute approximate surface area is 209 Å². The molecule has 1 atom stereocenters. The van der Waals surface area contributed by atoms with E-state index in [1.807, 2.05) is 18.2 Å². The first-order valence-corrected chi connectivity index (χ1v) is 12.1. The monoisotopic (exact) mass is 489 g/mol. The average Bonchev–Trinajstić information content (AvgIpc) is 2.88. The van der Waals surface area contributed by atoms with Crippen molar-refractivity contribution in [3.8, 4) is 16.9 Å². The Balaban J connectivity index is 1.45. The van der Waals surface area contributed by atoms with Crippen LogP contribution in [0.25, 0.3) is 11.1 Å². The van der Waals surface area contributed by atoms with E-state index in [2.05, 4.69) is 6.07 Å². The lowest BCUT2D eigenvalue weighted by Crippen LogP contribution is -2.38. The summed E-state index contributed by atoms with van der Waals surface area (Å²) in [6, 6.07) is 16.4. The molecule has 6 nitrogen and oxygen atoms in total. The predicted molar refractivity (Wildman–Crippen MR) is 132 cm³/mol. The number of benzene rings is 3. The highest BCUT2D eigenvalue weighted by molar-refractivity contribution is 5.80. The molecule has 0 bridgehead atoms. The summed E-state index contributed by atoms with van der Waals surface area (Å²) in [7, 11) is 1.55. The Morgan fingerprint density at radius 2 is 1.92 bits per heavy atom. The summed E-state index contributed by atoms with van der Waals surface area (Å²) in [5.74, 6) is -0.709. The second-order valence-corrected chi connectivity index (χ2v) is 9.23. The van der Waals surface area contributed by atoms with Gasteiger partial charge in [0.25, 0.3) is 0 Å². The van der Waals surface area contributed by atoms with Crippen molar-refractivity contribution >= 4 is 11.9 Å². The molecule has 0 saturated carbocycles. The highest BCUT2D eigenvalue weighted by atomic mass is 19.1. The van der Waals surface area contributed by atoms with Gasteiger partial charge in [-0.2, -0.15) is 0 Å². The number of hydrogen-bond acceptors (Lipinski definition) is 4. The standard InChI is InChI=1S/C29H28FNO5/c1-35-26-9-6-18(15-29(33)34)14-23(26)21-7-8-25(30)22-10-12-31(17-24(21)22)28(32)16-27-20-5-3-2-4-19(20)11-13-36-27/h2-9,14,27H,10-13,15-17H2,1H3,(H,33,34). The highest BCUT2D eigenvalue weighted by Gasteiger charge is 2.30. The summed E-state index contributed by atoms with van der Waals surface area (Å²) in [5, 5.41) is 9.24. The van der Waals surface area contributed by atoms with E-state index < -0.39 is 5.97 Å². The van der Waals surface area contributed by atoms with Crippen LogP contribution >= 0.6 is 0 Å². The third kappa shape index (κ3) is 4.71. The smallest absolute Gasteiger partial charge is 0.307 e. The summed E-state index contributed by atoms with van der Waals surface area (Å²) in [6.07, 6.45) is 1.05. The minimum Gasteiger partial charge on any atom is -0.496 e. The quantitative estimate of drug-likeness (QED) is 0.543. The maximum atomic E-state index is 14.8. The van der Waals surface area contributed by atoms with Crippen molar-refractivity contribution in [2.45, 2.75) is 38.3 Å². The van der Waals surface area contributed by atoms with Crippen molar-refractivity contribution in [3.05, 3.63) is 88.2 Å². The fourth-order valence-corrected chi connectivity index (χ4v) is 5.28. The van der Waals surface area contributed by atoms with Crippen molar-refractivity contribution < 1.29 is 28.6 Å². The maximum Gasteiger partial charge on any atom is 0.307 e. The van der Waals surface area contributed by atoms with Gasteiger partial charge in [-0.1, -0.05) is 36.4 Å². The number of rotatable bonds is 6. The Morgan fingerprint density at radius 3 is 2.72 bits per heavy atom. The lowest BCUT2D eigenvalue weighted by Gasteiger charge is -2.33. The van der Waals surface area contributed by atoms with Crippen LogP contribution in [-0.4, -0.2) is 42.1 Å². The first-order valence-electron chi connectivity index (χ1n) is 12.1. The molecule has 3 aromatic rings. The Bertz CT molecular complexity index is 1320. The van der Waals surface area contributed by atoms with E-state index in [9.17, 15) is 19.1 Å². The van der Waals surface area contributed by atoms with E-state index in [1.165, 1.54) is 11.6 Å². The lowest BCUT2D eigenvalue weighted by molar-refractivity contribution is -0.136. The number of nitrogens with zero attached hydrogens (tertiary/aromatic N) is 1. The molecule has 36 heavy (non-hydrogen) atoms. The van der Waals surface area contributed by atoms with E-state index in [0.717, 1.165) is 23.1 Å². The Hall–Kier alpha value is -3.71. The minimum atomic E-state index is -0.935. The molecule has 1 amide bonds. The SMILES string of the molecule is COc1ccc(CC(=O)O)cc1-c1ccc(F)c2c1CN(C(=O)CC1OCCc3ccccc31)CC2. The van der Waals surface area contributed by atoms with Crippen LogP contribution in [0.5, 0.6) is 5.75 Å². The van der Waals surface area contributed by atoms with Crippen LogP contribution in [0, 0.1) is 5.82 Å². The molecule has 0 spiro atoms. The molecule has 0 aromatic heterocycles. The summed E-state index contributed by atoms with van der Waals surface area (Å²) in [4.78, 5) is 26.4. The number of carboxylic acid groups (broad SMARTS) is 1. The van der Waals surface area contributed by atoms with Gasteiger partial charge in [-0.15, -0.1) is 0 Å². The molecule has 0 aliphatic carbocycles. The summed E-state index contributed by atoms with van der Waals surface area (Å²) < 4.78 is 26.3. The molecule has 0 radical (unpaired) electrons. The Morgan fingerprint density at radius 1 is 1.08 bits per heavy atom. The lowest BCUT2D eigenvalue weighted by atomic mass is 9.89. The first kappa shape index (κ1) is 24.0. The summed E-state index contributed by atoms with van der Waals surface area (Å²) >= 11 is 0. The largest absolute Gasteiger partial charge is 0.496 e. The fraction of sp³-hybridized carbons (Fsp3) is 0.310. The zero-order valence-electron chi connectivity index (χ0n) is 20.1. The number of aliphatic carboxylic acids is 1. The van der Waals surface area contributed by atoms with Gasteiger partial charge < -0.3 is 19.5 Å². The molecule has 3 aromatic carbocycles. The van der Waals surface area contributed by atoms with Crippen molar-refractivity contribution in [2.75, 3.05) is 20.3 Å². The molecule has 5 rings (SSSR count). The van der Waals surface area contributed by atoms with Crippen LogP contribution in [0.4, 0.5) is 4.39 Å². The van der Waals surface area contributed by atoms with Crippen molar-refractivity contribution in [2.24, 2.45) is 0 Å². The highest BCUT2D eigenvalue weighted by Crippen LogP contribution is 2.38. The fourth-order valence-electron chi connectivity index (χ4n) is 5.28. The molecule has 0 saturated heterocycles. The number of methoxy groups -OCH3 is 1. The maximum absolute atomic E-state index is 14.8. The molecule has 186 valence electrons. The van der Waals surface area contributed by atoms with Crippen molar-refractivity contribution in [3.63, 3.8) is 0 Å². The van der Waals surface area contributed by atoms with Crippen molar-refractivity contribution in [1.82, 2.24) is 4.90 Å². The van der Waals surface area contributed by atoms with Gasteiger partial charge in [-0.3, -0.25) is 9.59 Å². The van der Waals surface area contributed by atoms with Gasteiger partial charge in [0.15, 0.2) is 0 Å². The van der Waals surface area contributed by atoms with Gasteiger partial charge in [-0.05, 0) is 64.4 Å². The predicted octanol–water partition coefficient (Wildman–Crippen LogP) is 4.72. The normalized spacial score (nSPS) is 16.7. The van der Waals surface area contributed by atoms with Crippen LogP contribution in [0.15, 0.2) is 54.6 Å². The van der Waals surface area contributed by atoms with Crippen LogP contribution in [0.3, 0.4) is 0 Å². The van der Waals surface area contributed by atoms with Gasteiger partial charge in [-0.25, -0.2) is 4.39 Å². The molecular weight excluding hydrogens is 461 g/mol. The van der Waals surface area contributed by atoms with Crippen LogP contribution in [0.2, 0.25) is 0 Å². The first-order chi connectivity index (χ1) is 17.4. The summed E-state index contributed by atoms with van der Waals surface area (Å²) in [5.41, 5.74) is 5.63. The van der Waals surface area contributed by atoms with E-state index in [0.29, 0.717) is 42.0 Å². The second-order valence-electron chi connectivity index (χ2n) is 9.23. The van der Waals surface area contributed by atoms with Crippen LogP contribution in [0.1, 0.15) is 40.3 Å². The topological polar surface area (TPSA) is 76.1 Å². The number of ether oxygens (including phenoxy) is 2. The van der Waals surface area contributed by atoms with E-state index in [-0.39, 0.29) is 37.2 Å². The molecule has 1 unspecified atom stereocenters. The number of carbonyl (C=O) groups excluding carboxylic acids is 1. The minimum absolute atomic E-state index is 0.0378. The molecule has 2 aliphatic heterocycles. The number of halogens is 1. The van der Waals surface area contributed by atoms with E-state index >= 15 is 0 Å². The van der Waals surface area contributed by atoms with E-state index in [1.54, 1.807) is 36.3 Å². The Kier molecular flexibility index (Phi) is 6.74. The van der Waals surface area contributed by atoms with Gasteiger partial charge >= 0.3 is 5.97 Å². The van der Waals surface area contributed by atoms with Crippen LogP contribution < -0.4 is 4.74 Å². The number of carboxylic acids is 1. The third-order valence-electron chi connectivity index (χ3n) is 7.07. The molecule has 2 heterocycles. The van der Waals surface area contributed by atoms with Gasteiger partial charge in [0.2, 0.25) is 5.91 Å². The zero-order chi connectivity index (χ0) is 25.2. The molecule has 1 N–H and O–H groups in total. The molecule has 7 heteroatoms. The van der Waals surface area contributed by atoms with E-state index in [4.69, 9.17) is 9.47 Å². The van der Waals surface area contributed by atoms with Gasteiger partial charge in [0.1, 0.15) is 11.6 Å². The van der Waals surface area contributed by atoms with Gasteiger partial charge in [0.05, 0.1) is 32.7 Å².